The molecule has 3 rings (SSSR count). The van der Waals surface area contributed by atoms with E-state index >= 15 is 0 Å². The van der Waals surface area contributed by atoms with Crippen molar-refractivity contribution in [2.24, 2.45) is 0 Å². The highest BCUT2D eigenvalue weighted by Crippen LogP contribution is 2.29. The zero-order valence-electron chi connectivity index (χ0n) is 14.0. The van der Waals surface area contributed by atoms with Gasteiger partial charge in [-0.2, -0.15) is 0 Å². The summed E-state index contributed by atoms with van der Waals surface area (Å²) in [4.78, 5) is 12.4. The van der Waals surface area contributed by atoms with Crippen molar-refractivity contribution in [3.63, 3.8) is 0 Å². The van der Waals surface area contributed by atoms with Gasteiger partial charge < -0.3 is 15.4 Å². The molecule has 0 aliphatic carbocycles. The number of carbonyl (C=O) groups excluding carboxylic acids is 1. The molecular formula is C21H20N2O2. The highest BCUT2D eigenvalue weighted by Gasteiger charge is 2.15. The summed E-state index contributed by atoms with van der Waals surface area (Å²) in [6.07, 6.45) is 0. The molecule has 2 N–H and O–H groups in total. The summed E-state index contributed by atoms with van der Waals surface area (Å²) in [6, 6.07) is 26.1. The van der Waals surface area contributed by atoms with Crippen molar-refractivity contribution >= 4 is 17.3 Å². The normalized spacial score (nSPS) is 11.4. The molecule has 0 saturated carbocycles. The van der Waals surface area contributed by atoms with Gasteiger partial charge in [-0.25, -0.2) is 0 Å². The van der Waals surface area contributed by atoms with Crippen LogP contribution in [0, 0.1) is 0 Å². The average molecular weight is 332 g/mol. The molecule has 1 amide bonds. The van der Waals surface area contributed by atoms with Crippen molar-refractivity contribution in [1.29, 1.82) is 0 Å². The number of anilines is 2. The third kappa shape index (κ3) is 4.61. The lowest BCUT2D eigenvalue weighted by molar-refractivity contribution is -0.116. The quantitative estimate of drug-likeness (QED) is 0.674. The molecule has 4 nitrogen and oxygen atoms in total. The molecule has 0 spiro atoms. The predicted octanol–water partition coefficient (Wildman–Crippen LogP) is 4.92. The fourth-order valence-corrected chi connectivity index (χ4v) is 2.36. The minimum Gasteiger partial charge on any atom is -0.455 e. The lowest BCUT2D eigenvalue weighted by Crippen LogP contribution is -2.31. The fraction of sp³-hybridized carbons (Fsp3) is 0.0952. The van der Waals surface area contributed by atoms with Gasteiger partial charge in [-0.1, -0.05) is 48.5 Å². The first kappa shape index (κ1) is 16.6. The monoisotopic (exact) mass is 332 g/mol. The lowest BCUT2D eigenvalue weighted by Gasteiger charge is -2.18. The number of hydrogen-bond acceptors (Lipinski definition) is 3. The van der Waals surface area contributed by atoms with Gasteiger partial charge in [0.05, 0.1) is 5.69 Å². The zero-order chi connectivity index (χ0) is 17.5. The number of benzene rings is 3. The smallest absolute Gasteiger partial charge is 0.246 e. The van der Waals surface area contributed by atoms with Crippen LogP contribution < -0.4 is 15.4 Å². The summed E-state index contributed by atoms with van der Waals surface area (Å²) in [7, 11) is 0. The second-order valence-electron chi connectivity index (χ2n) is 5.63. The largest absolute Gasteiger partial charge is 0.455 e. The molecule has 0 aliphatic rings. The first-order valence-corrected chi connectivity index (χ1v) is 8.17. The van der Waals surface area contributed by atoms with Crippen LogP contribution in [0.5, 0.6) is 11.5 Å². The van der Waals surface area contributed by atoms with Gasteiger partial charge in [-0.3, -0.25) is 4.79 Å². The molecule has 3 aromatic carbocycles. The molecular weight excluding hydrogens is 312 g/mol. The molecule has 0 unspecified atom stereocenters. The maximum Gasteiger partial charge on any atom is 0.246 e. The minimum atomic E-state index is -0.416. The Morgan fingerprint density at radius 1 is 0.840 bits per heavy atom. The maximum absolute atomic E-state index is 12.4. The van der Waals surface area contributed by atoms with Gasteiger partial charge in [0.1, 0.15) is 11.8 Å². The van der Waals surface area contributed by atoms with E-state index in [-0.39, 0.29) is 5.91 Å². The highest BCUT2D eigenvalue weighted by molar-refractivity contribution is 5.96. The Labute approximate surface area is 147 Å². The average Bonchev–Trinajstić information content (AvgIpc) is 2.65. The first-order valence-electron chi connectivity index (χ1n) is 8.17. The molecule has 0 saturated heterocycles. The van der Waals surface area contributed by atoms with Crippen LogP contribution >= 0.6 is 0 Å². The van der Waals surface area contributed by atoms with E-state index in [0.717, 1.165) is 17.1 Å². The van der Waals surface area contributed by atoms with E-state index < -0.39 is 6.04 Å². The third-order valence-electron chi connectivity index (χ3n) is 3.66. The van der Waals surface area contributed by atoms with Gasteiger partial charge in [-0.15, -0.1) is 0 Å². The zero-order valence-corrected chi connectivity index (χ0v) is 14.0. The molecule has 0 bridgehead atoms. The molecule has 0 heterocycles. The van der Waals surface area contributed by atoms with Crippen LogP contribution in [0.4, 0.5) is 11.4 Å². The first-order chi connectivity index (χ1) is 12.2. The van der Waals surface area contributed by atoms with Crippen LogP contribution in [0.3, 0.4) is 0 Å². The van der Waals surface area contributed by atoms with Crippen LogP contribution in [0.2, 0.25) is 0 Å². The van der Waals surface area contributed by atoms with E-state index in [9.17, 15) is 4.79 Å². The predicted molar refractivity (Wildman–Crippen MR) is 101 cm³/mol. The Morgan fingerprint density at radius 3 is 2.16 bits per heavy atom. The van der Waals surface area contributed by atoms with Crippen LogP contribution in [0.1, 0.15) is 6.92 Å². The number of nitrogens with one attached hydrogen (secondary N) is 2. The molecule has 4 heteroatoms. The number of ether oxygens (including phenoxy) is 1. The summed E-state index contributed by atoms with van der Waals surface area (Å²) in [5.74, 6) is 1.31. The van der Waals surface area contributed by atoms with Gasteiger partial charge in [0.15, 0.2) is 5.75 Å². The number of amides is 1. The van der Waals surface area contributed by atoms with E-state index in [1.54, 1.807) is 0 Å². The Balaban J connectivity index is 1.69. The Kier molecular flexibility index (Phi) is 5.32. The fourth-order valence-electron chi connectivity index (χ4n) is 2.36. The molecule has 3 aromatic rings. The summed E-state index contributed by atoms with van der Waals surface area (Å²) in [5.41, 5.74) is 1.54. The second kappa shape index (κ2) is 8.02. The standard InChI is InChI=1S/C21H20N2O2/c1-16(21(24)23-17-10-4-2-5-11-17)22-19-14-8-9-15-20(19)25-18-12-6-3-7-13-18/h2-16,22H,1H3,(H,23,24)/t16-/m0/s1. The van der Waals surface area contributed by atoms with Crippen LogP contribution in [0.25, 0.3) is 0 Å². The Hall–Kier alpha value is -3.27. The van der Waals surface area contributed by atoms with E-state index in [0.29, 0.717) is 5.75 Å². The molecule has 25 heavy (non-hydrogen) atoms. The van der Waals surface area contributed by atoms with E-state index in [1.807, 2.05) is 91.9 Å². The van der Waals surface area contributed by atoms with Gasteiger partial charge in [0.2, 0.25) is 5.91 Å². The van der Waals surface area contributed by atoms with Gasteiger partial charge in [0, 0.05) is 5.69 Å². The lowest BCUT2D eigenvalue weighted by atomic mass is 10.2. The third-order valence-corrected chi connectivity index (χ3v) is 3.66. The van der Waals surface area contributed by atoms with Crippen LogP contribution in [-0.2, 0) is 4.79 Å². The van der Waals surface area contributed by atoms with E-state index in [4.69, 9.17) is 4.74 Å². The number of para-hydroxylation sites is 4. The van der Waals surface area contributed by atoms with Crippen molar-refractivity contribution < 1.29 is 9.53 Å². The molecule has 0 aromatic heterocycles. The number of rotatable bonds is 6. The van der Waals surface area contributed by atoms with Crippen LogP contribution in [-0.4, -0.2) is 11.9 Å². The van der Waals surface area contributed by atoms with Crippen molar-refractivity contribution in [2.75, 3.05) is 10.6 Å². The summed E-state index contributed by atoms with van der Waals surface area (Å²) in [5, 5.41) is 6.10. The topological polar surface area (TPSA) is 50.4 Å². The second-order valence-corrected chi connectivity index (χ2v) is 5.63. The molecule has 1 atom stereocenters. The molecule has 0 aliphatic heterocycles. The summed E-state index contributed by atoms with van der Waals surface area (Å²) in [6.45, 7) is 1.82. The highest BCUT2D eigenvalue weighted by atomic mass is 16.5. The van der Waals surface area contributed by atoms with Crippen molar-refractivity contribution in [3.05, 3.63) is 84.9 Å². The Morgan fingerprint density at radius 2 is 1.44 bits per heavy atom. The van der Waals surface area contributed by atoms with Crippen molar-refractivity contribution in [3.8, 4) is 11.5 Å². The van der Waals surface area contributed by atoms with Crippen molar-refractivity contribution in [1.82, 2.24) is 0 Å². The number of carbonyl (C=O) groups is 1. The molecule has 0 fully saturated rings. The summed E-state index contributed by atoms with van der Waals surface area (Å²) >= 11 is 0. The Bertz CT molecular complexity index is 820. The molecule has 126 valence electrons. The SMILES string of the molecule is C[C@H](Nc1ccccc1Oc1ccccc1)C(=O)Nc1ccccc1. The minimum absolute atomic E-state index is 0.110. The van der Waals surface area contributed by atoms with Gasteiger partial charge in [0.25, 0.3) is 0 Å². The maximum atomic E-state index is 12.4. The van der Waals surface area contributed by atoms with E-state index in [2.05, 4.69) is 10.6 Å². The van der Waals surface area contributed by atoms with E-state index in [1.165, 1.54) is 0 Å². The van der Waals surface area contributed by atoms with Crippen molar-refractivity contribution in [2.45, 2.75) is 13.0 Å². The summed E-state index contributed by atoms with van der Waals surface area (Å²) < 4.78 is 5.91. The van der Waals surface area contributed by atoms with Gasteiger partial charge in [-0.05, 0) is 43.3 Å². The number of hydrogen-bond donors (Lipinski definition) is 2. The molecule has 0 radical (unpaired) electrons. The van der Waals surface area contributed by atoms with Crippen LogP contribution in [0.15, 0.2) is 84.9 Å². The van der Waals surface area contributed by atoms with Gasteiger partial charge >= 0.3 is 0 Å².